The van der Waals surface area contributed by atoms with Gasteiger partial charge in [-0.3, -0.25) is 9.80 Å². The molecule has 2 bridgehead atoms. The minimum atomic E-state index is -0.455. The molecule has 0 radical (unpaired) electrons. The molecule has 0 spiro atoms. The highest BCUT2D eigenvalue weighted by molar-refractivity contribution is 5.94. The molecular weight excluding hydrogens is 366 g/mol. The molecule has 1 saturated heterocycles. The average Bonchev–Trinajstić information content (AvgIpc) is 3.31. The van der Waals surface area contributed by atoms with Gasteiger partial charge in [0, 0.05) is 18.5 Å². The van der Waals surface area contributed by atoms with Crippen LogP contribution in [0.1, 0.15) is 72.6 Å². The first-order valence-corrected chi connectivity index (χ1v) is 11.3. The van der Waals surface area contributed by atoms with Crippen LogP contribution in [0, 0.1) is 10.8 Å². The SMILES string of the molecule is CCCN1C(=O)N2C[C@@H](C(C)(C)C)NC2=C2NC(C34CCC(O)(CC3)CC4)=NC21. The second-order valence-electron chi connectivity index (χ2n) is 10.9. The maximum Gasteiger partial charge on any atom is 0.327 e. The van der Waals surface area contributed by atoms with Gasteiger partial charge in [-0.25, -0.2) is 9.79 Å². The molecule has 0 aromatic carbocycles. The highest BCUT2D eigenvalue weighted by atomic mass is 16.3. The van der Waals surface area contributed by atoms with E-state index in [1.807, 2.05) is 9.80 Å². The molecule has 0 aromatic rings. The Morgan fingerprint density at radius 1 is 1.17 bits per heavy atom. The Morgan fingerprint density at radius 2 is 1.83 bits per heavy atom. The molecule has 6 rings (SSSR count). The van der Waals surface area contributed by atoms with Gasteiger partial charge in [0.2, 0.25) is 0 Å². The number of nitrogens with zero attached hydrogens (tertiary/aromatic N) is 3. The van der Waals surface area contributed by atoms with Crippen LogP contribution < -0.4 is 10.6 Å². The van der Waals surface area contributed by atoms with Gasteiger partial charge >= 0.3 is 6.03 Å². The Labute approximate surface area is 173 Å². The maximum absolute atomic E-state index is 13.3. The lowest BCUT2D eigenvalue weighted by Gasteiger charge is -2.50. The smallest absolute Gasteiger partial charge is 0.327 e. The number of hydrogen-bond acceptors (Lipinski definition) is 5. The third-order valence-corrected chi connectivity index (χ3v) is 7.95. The number of amidine groups is 1. The summed E-state index contributed by atoms with van der Waals surface area (Å²) < 4.78 is 0. The van der Waals surface area contributed by atoms with E-state index in [9.17, 15) is 9.90 Å². The molecule has 7 heteroatoms. The number of amides is 2. The second-order valence-corrected chi connectivity index (χ2v) is 10.9. The highest BCUT2D eigenvalue weighted by Gasteiger charge is 2.54. The number of fused-ring (bicyclic) bond motifs is 5. The summed E-state index contributed by atoms with van der Waals surface area (Å²) in [5, 5.41) is 18.0. The van der Waals surface area contributed by atoms with Gasteiger partial charge in [-0.2, -0.15) is 0 Å². The third-order valence-electron chi connectivity index (χ3n) is 7.95. The molecule has 2 atom stereocenters. The molecular formula is C22H35N5O2. The van der Waals surface area contributed by atoms with Crippen LogP contribution in [-0.4, -0.2) is 57.7 Å². The summed E-state index contributed by atoms with van der Waals surface area (Å²) in [5.41, 5.74) is 0.682. The van der Waals surface area contributed by atoms with E-state index in [-0.39, 0.29) is 29.1 Å². The number of rotatable bonds is 3. The zero-order chi connectivity index (χ0) is 20.6. The quantitative estimate of drug-likeness (QED) is 0.679. The Morgan fingerprint density at radius 3 is 2.41 bits per heavy atom. The van der Waals surface area contributed by atoms with Gasteiger partial charge in [-0.15, -0.1) is 0 Å². The van der Waals surface area contributed by atoms with E-state index in [0.29, 0.717) is 13.1 Å². The van der Waals surface area contributed by atoms with Crippen molar-refractivity contribution >= 4 is 11.9 Å². The number of aliphatic hydroxyl groups is 1. The molecule has 4 fully saturated rings. The average molecular weight is 402 g/mol. The first-order chi connectivity index (χ1) is 13.7. The van der Waals surface area contributed by atoms with Crippen molar-refractivity contribution in [2.75, 3.05) is 13.1 Å². The first-order valence-electron chi connectivity index (χ1n) is 11.3. The lowest BCUT2D eigenvalue weighted by Crippen LogP contribution is -2.54. The molecule has 0 aromatic heterocycles. The topological polar surface area (TPSA) is 80.2 Å². The fourth-order valence-electron chi connectivity index (χ4n) is 5.78. The van der Waals surface area contributed by atoms with Crippen LogP contribution in [0.2, 0.25) is 0 Å². The molecule has 1 unspecified atom stereocenters. The van der Waals surface area contributed by atoms with Crippen molar-refractivity contribution in [2.45, 2.75) is 90.4 Å². The molecule has 160 valence electrons. The number of carbonyl (C=O) groups is 1. The standard InChI is InChI=1S/C22H35N5O2/c1-5-12-26-17-15(16-23-14(20(2,3)4)13-27(16)19(26)28)24-18(25-17)21-6-9-22(29,10-7-21)11-8-21/h14,17,23,29H,5-13H2,1-4H3,(H,24,25)/t14-,17?,21?,22?/m0/s1. The summed E-state index contributed by atoms with van der Waals surface area (Å²) in [6, 6.07) is 0.292. The second kappa shape index (κ2) is 6.13. The molecule has 6 aliphatic rings. The van der Waals surface area contributed by atoms with E-state index in [4.69, 9.17) is 4.99 Å². The molecule has 3 aliphatic heterocycles. The van der Waals surface area contributed by atoms with E-state index >= 15 is 0 Å². The van der Waals surface area contributed by atoms with Gasteiger partial charge in [-0.05, 0) is 50.4 Å². The van der Waals surface area contributed by atoms with Crippen LogP contribution in [-0.2, 0) is 0 Å². The van der Waals surface area contributed by atoms with E-state index in [2.05, 4.69) is 38.3 Å². The fourth-order valence-corrected chi connectivity index (χ4v) is 5.78. The van der Waals surface area contributed by atoms with E-state index < -0.39 is 5.60 Å². The monoisotopic (exact) mass is 401 g/mol. The van der Waals surface area contributed by atoms with Crippen LogP contribution >= 0.6 is 0 Å². The predicted octanol–water partition coefficient (Wildman–Crippen LogP) is 2.73. The first kappa shape index (κ1) is 19.2. The Bertz CT molecular complexity index is 771. The van der Waals surface area contributed by atoms with Crippen molar-refractivity contribution in [3.8, 4) is 0 Å². The Balaban J connectivity index is 1.50. The number of urea groups is 1. The zero-order valence-electron chi connectivity index (χ0n) is 18.2. The maximum atomic E-state index is 13.3. The molecule has 29 heavy (non-hydrogen) atoms. The predicted molar refractivity (Wildman–Crippen MR) is 112 cm³/mol. The Kier molecular flexibility index (Phi) is 4.06. The van der Waals surface area contributed by atoms with Crippen LogP contribution in [0.15, 0.2) is 16.5 Å². The van der Waals surface area contributed by atoms with E-state index in [1.54, 1.807) is 0 Å². The van der Waals surface area contributed by atoms with Crippen molar-refractivity contribution in [1.82, 2.24) is 20.4 Å². The van der Waals surface area contributed by atoms with Crippen molar-refractivity contribution in [3.63, 3.8) is 0 Å². The number of carbonyl (C=O) groups excluding carboxylic acids is 1. The summed E-state index contributed by atoms with van der Waals surface area (Å²) >= 11 is 0. The molecule has 2 amide bonds. The molecule has 3 aliphatic carbocycles. The summed E-state index contributed by atoms with van der Waals surface area (Å²) in [6.45, 7) is 10.2. The van der Waals surface area contributed by atoms with Crippen molar-refractivity contribution in [2.24, 2.45) is 15.8 Å². The Hall–Kier alpha value is -1.76. The van der Waals surface area contributed by atoms with Gasteiger partial charge in [0.05, 0.1) is 11.6 Å². The zero-order valence-corrected chi connectivity index (χ0v) is 18.2. The van der Waals surface area contributed by atoms with Crippen molar-refractivity contribution in [3.05, 3.63) is 11.5 Å². The molecule has 3 N–H and O–H groups in total. The summed E-state index contributed by atoms with van der Waals surface area (Å²) in [6.07, 6.45) is 6.19. The third kappa shape index (κ3) is 2.80. The largest absolute Gasteiger partial charge is 0.390 e. The van der Waals surface area contributed by atoms with Crippen molar-refractivity contribution in [1.29, 1.82) is 0 Å². The van der Waals surface area contributed by atoms with Crippen LogP contribution in [0.3, 0.4) is 0 Å². The molecule has 3 heterocycles. The van der Waals surface area contributed by atoms with Gasteiger partial charge < -0.3 is 15.7 Å². The van der Waals surface area contributed by atoms with Gasteiger partial charge in [-0.1, -0.05) is 27.7 Å². The molecule has 3 saturated carbocycles. The summed E-state index contributed by atoms with van der Waals surface area (Å²) in [7, 11) is 0. The lowest BCUT2D eigenvalue weighted by molar-refractivity contribution is -0.0705. The van der Waals surface area contributed by atoms with Crippen molar-refractivity contribution < 1.29 is 9.90 Å². The number of aliphatic imine (C=N–C) groups is 1. The van der Waals surface area contributed by atoms with Gasteiger partial charge in [0.1, 0.15) is 17.4 Å². The van der Waals surface area contributed by atoms with Crippen LogP contribution in [0.25, 0.3) is 0 Å². The highest BCUT2D eigenvalue weighted by Crippen LogP contribution is 2.54. The summed E-state index contributed by atoms with van der Waals surface area (Å²) in [5.74, 6) is 1.97. The van der Waals surface area contributed by atoms with Crippen LogP contribution in [0.5, 0.6) is 0 Å². The normalized spacial score (nSPS) is 38.7. The molecule has 7 nitrogen and oxygen atoms in total. The summed E-state index contributed by atoms with van der Waals surface area (Å²) in [4.78, 5) is 22.3. The fraction of sp³-hybridized carbons (Fsp3) is 0.818. The number of hydrogen-bond donors (Lipinski definition) is 3. The minimum Gasteiger partial charge on any atom is -0.390 e. The minimum absolute atomic E-state index is 0.0309. The van der Waals surface area contributed by atoms with Crippen LogP contribution in [0.4, 0.5) is 4.79 Å². The lowest BCUT2D eigenvalue weighted by atomic mass is 9.58. The number of nitrogens with one attached hydrogen (secondary N) is 2. The van der Waals surface area contributed by atoms with Gasteiger partial charge in [0.25, 0.3) is 0 Å². The van der Waals surface area contributed by atoms with Gasteiger partial charge in [0.15, 0.2) is 6.17 Å². The van der Waals surface area contributed by atoms with E-state index in [0.717, 1.165) is 62.3 Å². The van der Waals surface area contributed by atoms with E-state index in [1.165, 1.54) is 0 Å².